The summed E-state index contributed by atoms with van der Waals surface area (Å²) in [5.74, 6) is 2.42. The van der Waals surface area contributed by atoms with Gasteiger partial charge in [0.2, 0.25) is 0 Å². The highest BCUT2D eigenvalue weighted by Crippen LogP contribution is 2.61. The van der Waals surface area contributed by atoms with Crippen molar-refractivity contribution in [3.63, 3.8) is 0 Å². The molecule has 3 aliphatic rings. The zero-order chi connectivity index (χ0) is 16.9. The molecule has 24 heavy (non-hydrogen) atoms. The first-order chi connectivity index (χ1) is 11.5. The summed E-state index contributed by atoms with van der Waals surface area (Å²) in [6.45, 7) is 4.45. The van der Waals surface area contributed by atoms with Crippen LogP contribution in [-0.2, 0) is 6.42 Å². The predicted octanol–water partition coefficient (Wildman–Crippen LogP) is 5.03. The van der Waals surface area contributed by atoms with Crippen LogP contribution in [0.4, 0.5) is 0 Å². The van der Waals surface area contributed by atoms with Crippen molar-refractivity contribution in [1.82, 2.24) is 0 Å². The number of aliphatic hydroxyl groups is 1. The van der Waals surface area contributed by atoms with E-state index in [0.29, 0.717) is 23.5 Å². The van der Waals surface area contributed by atoms with Crippen LogP contribution in [0.2, 0.25) is 0 Å². The summed E-state index contributed by atoms with van der Waals surface area (Å²) in [7, 11) is 0. The van der Waals surface area contributed by atoms with Crippen LogP contribution in [0.1, 0.15) is 75.0 Å². The highest BCUT2D eigenvalue weighted by Gasteiger charge is 2.54. The zero-order valence-electron chi connectivity index (χ0n) is 15.0. The second kappa shape index (κ2) is 5.91. The Morgan fingerprint density at radius 1 is 1.21 bits per heavy atom. The number of aliphatic hydroxyl groups excluding tert-OH is 1. The van der Waals surface area contributed by atoms with Crippen LogP contribution in [0.25, 0.3) is 6.08 Å². The van der Waals surface area contributed by atoms with Crippen LogP contribution >= 0.6 is 0 Å². The smallest absolute Gasteiger partial charge is 0.123 e. The first-order valence-corrected chi connectivity index (χ1v) is 9.75. The molecule has 0 amide bonds. The van der Waals surface area contributed by atoms with Gasteiger partial charge >= 0.3 is 0 Å². The monoisotopic (exact) mass is 326 g/mol. The van der Waals surface area contributed by atoms with Crippen molar-refractivity contribution in [3.8, 4) is 5.75 Å². The normalized spacial score (nSPS) is 38.0. The Labute approximate surface area is 145 Å². The lowest BCUT2D eigenvalue weighted by molar-refractivity contribution is -0.0226. The summed E-state index contributed by atoms with van der Waals surface area (Å²) in [5, 5.41) is 20.8. The van der Waals surface area contributed by atoms with Crippen molar-refractivity contribution in [2.75, 3.05) is 0 Å². The molecule has 2 fully saturated rings. The van der Waals surface area contributed by atoms with E-state index in [0.717, 1.165) is 31.2 Å². The van der Waals surface area contributed by atoms with E-state index in [4.69, 9.17) is 0 Å². The molecule has 2 nitrogen and oxygen atoms in total. The average molecular weight is 326 g/mol. The van der Waals surface area contributed by atoms with Crippen LogP contribution in [0.3, 0.4) is 0 Å². The Balaban J connectivity index is 1.70. The van der Waals surface area contributed by atoms with E-state index < -0.39 is 0 Å². The molecular formula is C22H30O2. The van der Waals surface area contributed by atoms with Crippen LogP contribution in [0.15, 0.2) is 18.2 Å². The molecule has 0 heterocycles. The summed E-state index contributed by atoms with van der Waals surface area (Å²) in [5.41, 5.74) is 3.93. The number of aromatic hydroxyl groups is 1. The summed E-state index contributed by atoms with van der Waals surface area (Å²) >= 11 is 0. The van der Waals surface area contributed by atoms with Gasteiger partial charge in [-0.05, 0) is 91.4 Å². The molecule has 3 unspecified atom stereocenters. The van der Waals surface area contributed by atoms with E-state index in [2.05, 4.69) is 32.1 Å². The van der Waals surface area contributed by atoms with Gasteiger partial charge in [0.1, 0.15) is 5.75 Å². The second-order valence-electron chi connectivity index (χ2n) is 8.47. The number of hydrogen-bond acceptors (Lipinski definition) is 2. The van der Waals surface area contributed by atoms with E-state index >= 15 is 0 Å². The highest BCUT2D eigenvalue weighted by molar-refractivity contribution is 5.60. The van der Waals surface area contributed by atoms with Gasteiger partial charge < -0.3 is 10.2 Å². The first kappa shape index (κ1) is 16.2. The van der Waals surface area contributed by atoms with Crippen LogP contribution in [0, 0.1) is 17.3 Å². The summed E-state index contributed by atoms with van der Waals surface area (Å²) in [6, 6.07) is 4.26. The third-order valence-electron chi connectivity index (χ3n) is 7.36. The van der Waals surface area contributed by atoms with Crippen molar-refractivity contribution in [3.05, 3.63) is 34.9 Å². The molecule has 2 N–H and O–H groups in total. The SMILES string of the molecule is CCC=Cc1cc2c(cc1O)CCC1C2CC[C@@]2(C)C1CC[C@@H]2O. The Kier molecular flexibility index (Phi) is 3.99. The van der Waals surface area contributed by atoms with Gasteiger partial charge in [0.05, 0.1) is 6.10 Å². The fraction of sp³-hybridized carbons (Fsp3) is 0.636. The summed E-state index contributed by atoms with van der Waals surface area (Å²) in [6.07, 6.45) is 11.8. The van der Waals surface area contributed by atoms with E-state index in [9.17, 15) is 10.2 Å². The van der Waals surface area contributed by atoms with E-state index in [1.165, 1.54) is 30.4 Å². The summed E-state index contributed by atoms with van der Waals surface area (Å²) < 4.78 is 0. The van der Waals surface area contributed by atoms with Crippen molar-refractivity contribution in [1.29, 1.82) is 0 Å². The molecule has 3 aliphatic carbocycles. The quantitative estimate of drug-likeness (QED) is 0.800. The first-order valence-electron chi connectivity index (χ1n) is 9.75. The maximum Gasteiger partial charge on any atom is 0.123 e. The Hall–Kier alpha value is -1.28. The van der Waals surface area contributed by atoms with Gasteiger partial charge in [-0.25, -0.2) is 0 Å². The molecular weight excluding hydrogens is 296 g/mol. The number of hydrogen-bond donors (Lipinski definition) is 2. The number of benzene rings is 1. The number of rotatable bonds is 2. The van der Waals surface area contributed by atoms with Crippen LogP contribution in [0.5, 0.6) is 5.75 Å². The van der Waals surface area contributed by atoms with E-state index in [1.807, 2.05) is 6.07 Å². The van der Waals surface area contributed by atoms with Gasteiger partial charge in [-0.3, -0.25) is 0 Å². The molecule has 5 atom stereocenters. The second-order valence-corrected chi connectivity index (χ2v) is 8.47. The molecule has 4 rings (SSSR count). The van der Waals surface area contributed by atoms with Gasteiger partial charge in [-0.2, -0.15) is 0 Å². The number of aryl methyl sites for hydroxylation is 1. The number of phenols is 1. The standard InChI is InChI=1S/C22H30O2/c1-3-4-5-15-12-18-14(13-20(15)23)6-7-17-16(18)10-11-22(2)19(17)8-9-21(22)24/h4-5,12-13,16-17,19,21,23-24H,3,6-11H2,1-2H3/t16?,17?,19?,21-,22-/m0/s1. The van der Waals surface area contributed by atoms with E-state index in [-0.39, 0.29) is 11.5 Å². The molecule has 0 saturated heterocycles. The Morgan fingerprint density at radius 3 is 2.83 bits per heavy atom. The number of fused-ring (bicyclic) bond motifs is 5. The minimum atomic E-state index is -0.104. The lowest BCUT2D eigenvalue weighted by atomic mass is 9.55. The molecule has 2 saturated carbocycles. The van der Waals surface area contributed by atoms with Crippen molar-refractivity contribution >= 4 is 6.08 Å². The van der Waals surface area contributed by atoms with Gasteiger partial charge in [-0.1, -0.05) is 26.0 Å². The number of phenolic OH excluding ortho intramolecular Hbond substituents is 1. The Bertz CT molecular complexity index is 662. The summed E-state index contributed by atoms with van der Waals surface area (Å²) in [4.78, 5) is 0. The predicted molar refractivity (Wildman–Crippen MR) is 98.1 cm³/mol. The van der Waals surface area contributed by atoms with Crippen molar-refractivity contribution in [2.45, 2.75) is 70.8 Å². The van der Waals surface area contributed by atoms with Crippen LogP contribution < -0.4 is 0 Å². The van der Waals surface area contributed by atoms with Crippen LogP contribution in [-0.4, -0.2) is 16.3 Å². The largest absolute Gasteiger partial charge is 0.507 e. The van der Waals surface area contributed by atoms with Gasteiger partial charge in [0.15, 0.2) is 0 Å². The highest BCUT2D eigenvalue weighted by atomic mass is 16.3. The maximum absolute atomic E-state index is 10.5. The van der Waals surface area contributed by atoms with Gasteiger partial charge in [0.25, 0.3) is 0 Å². The molecule has 0 bridgehead atoms. The molecule has 0 aromatic heterocycles. The zero-order valence-corrected chi connectivity index (χ0v) is 15.0. The third-order valence-corrected chi connectivity index (χ3v) is 7.36. The van der Waals surface area contributed by atoms with E-state index in [1.54, 1.807) is 0 Å². The lowest BCUT2D eigenvalue weighted by Crippen LogP contribution is -2.43. The molecule has 2 heteroatoms. The minimum Gasteiger partial charge on any atom is -0.507 e. The molecule has 0 spiro atoms. The molecule has 0 aliphatic heterocycles. The van der Waals surface area contributed by atoms with Gasteiger partial charge in [0, 0.05) is 5.56 Å². The minimum absolute atomic E-state index is 0.104. The molecule has 1 aromatic carbocycles. The number of allylic oxidation sites excluding steroid dienone is 1. The molecule has 130 valence electrons. The topological polar surface area (TPSA) is 40.5 Å². The van der Waals surface area contributed by atoms with Crippen molar-refractivity contribution in [2.24, 2.45) is 17.3 Å². The fourth-order valence-corrected chi connectivity index (χ4v) is 5.98. The third kappa shape index (κ3) is 2.34. The Morgan fingerprint density at radius 2 is 2.04 bits per heavy atom. The lowest BCUT2D eigenvalue weighted by Gasteiger charge is -2.50. The maximum atomic E-state index is 10.5. The molecule has 1 aromatic rings. The average Bonchev–Trinajstić information content (AvgIpc) is 2.88. The van der Waals surface area contributed by atoms with Gasteiger partial charge in [-0.15, -0.1) is 0 Å². The molecule has 0 radical (unpaired) electrons. The fourth-order valence-electron chi connectivity index (χ4n) is 5.98. The van der Waals surface area contributed by atoms with Crippen molar-refractivity contribution < 1.29 is 10.2 Å².